The number of rotatable bonds is 5. The molecule has 0 saturated carbocycles. The molecule has 0 radical (unpaired) electrons. The maximum Gasteiger partial charge on any atom is 0.255 e. The quantitative estimate of drug-likeness (QED) is 0.829. The third-order valence-electron chi connectivity index (χ3n) is 2.12. The second kappa shape index (κ2) is 6.20. The first-order chi connectivity index (χ1) is 8.04. The third-order valence-corrected chi connectivity index (χ3v) is 2.12. The summed E-state index contributed by atoms with van der Waals surface area (Å²) < 4.78 is 5.38. The van der Waals surface area contributed by atoms with E-state index in [1.165, 1.54) is 11.1 Å². The molecule has 1 aromatic heterocycles. The summed E-state index contributed by atoms with van der Waals surface area (Å²) in [5, 5.41) is 8.75. The van der Waals surface area contributed by atoms with Gasteiger partial charge in [0, 0.05) is 25.9 Å². The number of likely N-dealkylation sites (N-methyl/N-ethyl adjacent to an activating group) is 1. The second-order valence-corrected chi connectivity index (χ2v) is 4.00. The molecule has 0 aliphatic heterocycles. The monoisotopic (exact) mass is 238 g/mol. The Morgan fingerprint density at radius 3 is 2.71 bits per heavy atom. The average Bonchev–Trinajstić information content (AvgIpc) is 2.28. The number of hydrogen-bond acceptors (Lipinski definition) is 4. The van der Waals surface area contributed by atoms with E-state index in [4.69, 9.17) is 9.84 Å². The molecular formula is C12H18N2O3. The van der Waals surface area contributed by atoms with Gasteiger partial charge in [-0.15, -0.1) is 0 Å². The van der Waals surface area contributed by atoms with E-state index in [0.717, 1.165) is 0 Å². The van der Waals surface area contributed by atoms with E-state index < -0.39 is 0 Å². The molecule has 5 nitrogen and oxygen atoms in total. The molecule has 1 aromatic rings. The van der Waals surface area contributed by atoms with Crippen LogP contribution >= 0.6 is 0 Å². The fourth-order valence-electron chi connectivity index (χ4n) is 1.29. The van der Waals surface area contributed by atoms with Gasteiger partial charge in [-0.3, -0.25) is 4.79 Å². The molecule has 0 aromatic carbocycles. The molecule has 0 unspecified atom stereocenters. The van der Waals surface area contributed by atoms with Crippen LogP contribution in [0.2, 0.25) is 0 Å². The van der Waals surface area contributed by atoms with Crippen LogP contribution in [0.1, 0.15) is 24.2 Å². The minimum absolute atomic E-state index is 0.0514. The molecule has 1 heterocycles. The van der Waals surface area contributed by atoms with E-state index in [-0.39, 0.29) is 18.6 Å². The number of aromatic nitrogens is 1. The van der Waals surface area contributed by atoms with E-state index in [2.05, 4.69) is 4.98 Å². The van der Waals surface area contributed by atoms with Crippen molar-refractivity contribution in [3.05, 3.63) is 23.9 Å². The van der Waals surface area contributed by atoms with Crippen LogP contribution in [-0.2, 0) is 0 Å². The number of carbonyl (C=O) groups excluding carboxylic acids is 1. The zero-order chi connectivity index (χ0) is 12.8. The lowest BCUT2D eigenvalue weighted by molar-refractivity contribution is 0.0766. The van der Waals surface area contributed by atoms with Gasteiger partial charge >= 0.3 is 0 Å². The van der Waals surface area contributed by atoms with E-state index in [0.29, 0.717) is 18.0 Å². The van der Waals surface area contributed by atoms with Crippen molar-refractivity contribution in [2.24, 2.45) is 0 Å². The van der Waals surface area contributed by atoms with Gasteiger partial charge in [0.2, 0.25) is 5.88 Å². The Bertz CT molecular complexity index is 363. The maximum atomic E-state index is 11.8. The Morgan fingerprint density at radius 1 is 1.53 bits per heavy atom. The fourth-order valence-corrected chi connectivity index (χ4v) is 1.29. The number of aliphatic hydroxyl groups is 1. The number of pyridine rings is 1. The van der Waals surface area contributed by atoms with Crippen LogP contribution in [0.4, 0.5) is 0 Å². The molecule has 0 bridgehead atoms. The minimum Gasteiger partial charge on any atom is -0.475 e. The summed E-state index contributed by atoms with van der Waals surface area (Å²) in [7, 11) is 1.64. The van der Waals surface area contributed by atoms with Crippen molar-refractivity contribution in [3.8, 4) is 5.88 Å². The molecule has 0 aliphatic carbocycles. The first-order valence-corrected chi connectivity index (χ1v) is 5.53. The lowest BCUT2D eigenvalue weighted by atomic mass is 10.2. The van der Waals surface area contributed by atoms with Crippen molar-refractivity contribution < 1.29 is 14.6 Å². The van der Waals surface area contributed by atoms with Crippen LogP contribution in [0.15, 0.2) is 18.3 Å². The smallest absolute Gasteiger partial charge is 0.255 e. The molecule has 0 aliphatic rings. The Hall–Kier alpha value is -1.62. The summed E-state index contributed by atoms with van der Waals surface area (Å²) in [6.07, 6.45) is 1.54. The molecule has 0 spiro atoms. The predicted molar refractivity (Wildman–Crippen MR) is 64.0 cm³/mol. The average molecular weight is 238 g/mol. The van der Waals surface area contributed by atoms with Gasteiger partial charge in [0.25, 0.3) is 5.91 Å². The Morgan fingerprint density at radius 2 is 2.24 bits per heavy atom. The van der Waals surface area contributed by atoms with Gasteiger partial charge in [0.1, 0.15) is 0 Å². The lowest BCUT2D eigenvalue weighted by Crippen LogP contribution is -2.29. The van der Waals surface area contributed by atoms with Gasteiger partial charge in [0.05, 0.1) is 18.3 Å². The SMILES string of the molecule is CC(C)Oc1ccc(C(=O)N(C)CCO)cn1. The van der Waals surface area contributed by atoms with Crippen LogP contribution in [0.25, 0.3) is 0 Å². The summed E-state index contributed by atoms with van der Waals surface area (Å²) >= 11 is 0. The number of hydrogen-bond donors (Lipinski definition) is 1. The number of aliphatic hydroxyl groups excluding tert-OH is 1. The van der Waals surface area contributed by atoms with Crippen molar-refractivity contribution in [2.45, 2.75) is 20.0 Å². The van der Waals surface area contributed by atoms with Gasteiger partial charge < -0.3 is 14.7 Å². The van der Waals surface area contributed by atoms with Crippen molar-refractivity contribution in [2.75, 3.05) is 20.2 Å². The second-order valence-electron chi connectivity index (χ2n) is 4.00. The van der Waals surface area contributed by atoms with E-state index in [1.54, 1.807) is 19.2 Å². The van der Waals surface area contributed by atoms with E-state index >= 15 is 0 Å². The molecule has 5 heteroatoms. The van der Waals surface area contributed by atoms with Crippen LogP contribution in [0.5, 0.6) is 5.88 Å². The Balaban J connectivity index is 2.70. The van der Waals surface area contributed by atoms with E-state index in [1.807, 2.05) is 13.8 Å². The summed E-state index contributed by atoms with van der Waals surface area (Å²) in [5.74, 6) is 0.337. The molecular weight excluding hydrogens is 220 g/mol. The van der Waals surface area contributed by atoms with Gasteiger partial charge in [-0.1, -0.05) is 0 Å². The van der Waals surface area contributed by atoms with Crippen LogP contribution in [0.3, 0.4) is 0 Å². The molecule has 1 amide bonds. The number of nitrogens with zero attached hydrogens (tertiary/aromatic N) is 2. The first kappa shape index (κ1) is 13.4. The normalized spacial score (nSPS) is 10.4. The summed E-state index contributed by atoms with van der Waals surface area (Å²) in [6, 6.07) is 3.33. The Labute approximate surface area is 101 Å². The van der Waals surface area contributed by atoms with Crippen LogP contribution in [-0.4, -0.2) is 47.2 Å². The predicted octanol–water partition coefficient (Wildman–Crippen LogP) is 0.933. The van der Waals surface area contributed by atoms with Crippen molar-refractivity contribution >= 4 is 5.91 Å². The summed E-state index contributed by atoms with van der Waals surface area (Å²) in [5.41, 5.74) is 0.483. The van der Waals surface area contributed by atoms with Gasteiger partial charge in [-0.2, -0.15) is 0 Å². The first-order valence-electron chi connectivity index (χ1n) is 5.53. The highest BCUT2D eigenvalue weighted by Gasteiger charge is 2.11. The van der Waals surface area contributed by atoms with Crippen molar-refractivity contribution in [3.63, 3.8) is 0 Å². The highest BCUT2D eigenvalue weighted by atomic mass is 16.5. The van der Waals surface area contributed by atoms with Crippen molar-refractivity contribution in [1.82, 2.24) is 9.88 Å². The largest absolute Gasteiger partial charge is 0.475 e. The fraction of sp³-hybridized carbons (Fsp3) is 0.500. The lowest BCUT2D eigenvalue weighted by Gasteiger charge is -2.15. The van der Waals surface area contributed by atoms with Crippen molar-refractivity contribution in [1.29, 1.82) is 0 Å². The summed E-state index contributed by atoms with van der Waals surface area (Å²) in [4.78, 5) is 17.3. The summed E-state index contributed by atoms with van der Waals surface area (Å²) in [6.45, 7) is 4.08. The van der Waals surface area contributed by atoms with E-state index in [9.17, 15) is 4.79 Å². The van der Waals surface area contributed by atoms with Gasteiger partial charge in [0.15, 0.2) is 0 Å². The van der Waals surface area contributed by atoms with Gasteiger partial charge in [-0.25, -0.2) is 4.98 Å². The minimum atomic E-state index is -0.164. The zero-order valence-electron chi connectivity index (χ0n) is 10.4. The van der Waals surface area contributed by atoms with Gasteiger partial charge in [-0.05, 0) is 19.9 Å². The molecule has 0 saturated heterocycles. The van der Waals surface area contributed by atoms with Crippen LogP contribution in [0, 0.1) is 0 Å². The number of amides is 1. The zero-order valence-corrected chi connectivity index (χ0v) is 10.4. The molecule has 1 N–H and O–H groups in total. The highest BCUT2D eigenvalue weighted by molar-refractivity contribution is 5.93. The molecule has 0 atom stereocenters. The standard InChI is InChI=1S/C12H18N2O3/c1-9(2)17-11-5-4-10(8-13-11)12(16)14(3)6-7-15/h4-5,8-9,15H,6-7H2,1-3H3. The Kier molecular flexibility index (Phi) is 4.90. The highest BCUT2D eigenvalue weighted by Crippen LogP contribution is 2.10. The van der Waals surface area contributed by atoms with Crippen LogP contribution < -0.4 is 4.74 Å². The molecule has 1 rings (SSSR count). The topological polar surface area (TPSA) is 62.7 Å². The molecule has 0 fully saturated rings. The number of ether oxygens (including phenoxy) is 1. The maximum absolute atomic E-state index is 11.8. The molecule has 17 heavy (non-hydrogen) atoms. The molecule has 94 valence electrons. The third kappa shape index (κ3) is 4.03. The number of carbonyl (C=O) groups is 1.